The smallest absolute Gasteiger partial charge is 0.129 e. The number of hydrogen-bond acceptors (Lipinski definition) is 6. The zero-order valence-corrected chi connectivity index (χ0v) is 43.8. The van der Waals surface area contributed by atoms with Crippen LogP contribution in [0.25, 0.3) is 0 Å². The first-order valence-corrected chi connectivity index (χ1v) is 25.5. The first-order valence-electron chi connectivity index (χ1n) is 23.9. The van der Waals surface area contributed by atoms with Gasteiger partial charge in [-0.15, -0.1) is 0 Å². The number of aromatic hydroxyl groups is 4. The number of phenolic OH excluding ortho intramolecular Hbond substituents is 4. The van der Waals surface area contributed by atoms with Gasteiger partial charge in [-0.3, -0.25) is 0 Å². The van der Waals surface area contributed by atoms with Crippen molar-refractivity contribution in [2.75, 3.05) is 0 Å². The molecule has 0 aliphatic carbocycles. The Morgan fingerprint density at radius 3 is 0.698 bits per heavy atom. The van der Waals surface area contributed by atoms with E-state index in [4.69, 9.17) is 0 Å². The molecule has 0 saturated heterocycles. The molecule has 4 rings (SSSR count). The van der Waals surface area contributed by atoms with Crippen LogP contribution >= 0.6 is 23.5 Å². The van der Waals surface area contributed by atoms with Crippen LogP contribution in [-0.4, -0.2) is 20.4 Å². The average molecular weight is 944 g/mol. The summed E-state index contributed by atoms with van der Waals surface area (Å²) >= 11 is 2.92. The third-order valence-electron chi connectivity index (χ3n) is 13.0. The molecule has 0 aliphatic heterocycles. The molecular weight excluding hydrogens is 859 g/mol. The SMILES string of the molecule is CCCCCC(C)(C)c1ccc(O)c(Sc2cc(C(C)(C)CCCCC)ccc2O)c1.CCCCCC(C)(C)c1ccc(O)c(Sc2cc(C(C)(C)CCCCC)ccc2O)c1.[Ni]. The van der Waals surface area contributed by atoms with Crippen LogP contribution in [0.5, 0.6) is 23.0 Å². The van der Waals surface area contributed by atoms with E-state index >= 15 is 0 Å². The van der Waals surface area contributed by atoms with Gasteiger partial charge in [-0.05, 0) is 118 Å². The molecule has 4 nitrogen and oxygen atoms in total. The van der Waals surface area contributed by atoms with Gasteiger partial charge in [0, 0.05) is 16.5 Å². The predicted molar refractivity (Wildman–Crippen MR) is 269 cm³/mol. The molecule has 0 bridgehead atoms. The van der Waals surface area contributed by atoms with Crippen molar-refractivity contribution in [1.82, 2.24) is 0 Å². The van der Waals surface area contributed by atoms with Crippen molar-refractivity contribution in [3.63, 3.8) is 0 Å². The predicted octanol–water partition coefficient (Wildman–Crippen LogP) is 17.9. The third-order valence-corrected chi connectivity index (χ3v) is 15.2. The molecule has 4 N–H and O–H groups in total. The molecule has 0 spiro atoms. The first kappa shape index (κ1) is 56.4. The van der Waals surface area contributed by atoms with Gasteiger partial charge in [-0.2, -0.15) is 0 Å². The van der Waals surface area contributed by atoms with Crippen LogP contribution in [0.4, 0.5) is 0 Å². The fraction of sp³-hybridized carbons (Fsp3) is 0.571. The Balaban J connectivity index is 0.000000427. The van der Waals surface area contributed by atoms with Gasteiger partial charge >= 0.3 is 0 Å². The van der Waals surface area contributed by atoms with E-state index in [1.807, 2.05) is 24.3 Å². The van der Waals surface area contributed by atoms with E-state index in [0.717, 1.165) is 45.3 Å². The molecule has 63 heavy (non-hydrogen) atoms. The van der Waals surface area contributed by atoms with E-state index in [2.05, 4.69) is 107 Å². The minimum absolute atomic E-state index is 0. The van der Waals surface area contributed by atoms with Crippen LogP contribution in [0.1, 0.15) is 208 Å². The summed E-state index contributed by atoms with van der Waals surface area (Å²) in [7, 11) is 0. The Kier molecular flexibility index (Phi) is 23.7. The summed E-state index contributed by atoms with van der Waals surface area (Å²) in [4.78, 5) is 3.21. The van der Waals surface area contributed by atoms with Crippen molar-refractivity contribution in [2.45, 2.75) is 227 Å². The number of benzene rings is 4. The minimum Gasteiger partial charge on any atom is -0.507 e. The van der Waals surface area contributed by atoms with Gasteiger partial charge < -0.3 is 20.4 Å². The fourth-order valence-electron chi connectivity index (χ4n) is 8.15. The monoisotopic (exact) mass is 943 g/mol. The van der Waals surface area contributed by atoms with Crippen molar-refractivity contribution in [1.29, 1.82) is 0 Å². The van der Waals surface area contributed by atoms with Gasteiger partial charge in [0.25, 0.3) is 0 Å². The second-order valence-corrected chi connectivity index (χ2v) is 22.5. The Labute approximate surface area is 403 Å². The molecule has 7 heteroatoms. The Morgan fingerprint density at radius 2 is 0.524 bits per heavy atom. The molecule has 0 aromatic heterocycles. The van der Waals surface area contributed by atoms with Crippen molar-refractivity contribution >= 4 is 23.5 Å². The number of unbranched alkanes of at least 4 members (excludes halogenated alkanes) is 8. The Morgan fingerprint density at radius 1 is 0.333 bits per heavy atom. The molecule has 0 heterocycles. The summed E-state index contributed by atoms with van der Waals surface area (Å²) in [6.45, 7) is 27.1. The largest absolute Gasteiger partial charge is 0.507 e. The van der Waals surface area contributed by atoms with Gasteiger partial charge in [-0.25, -0.2) is 0 Å². The van der Waals surface area contributed by atoms with E-state index in [9.17, 15) is 20.4 Å². The quantitative estimate of drug-likeness (QED) is 0.0414. The number of phenols is 4. The summed E-state index contributed by atoms with van der Waals surface area (Å²) in [6, 6.07) is 23.8. The maximum absolute atomic E-state index is 10.5. The van der Waals surface area contributed by atoms with Gasteiger partial charge in [0.05, 0.1) is 19.6 Å². The minimum atomic E-state index is 0. The van der Waals surface area contributed by atoms with Crippen LogP contribution in [0.3, 0.4) is 0 Å². The van der Waals surface area contributed by atoms with Crippen LogP contribution in [0.2, 0.25) is 0 Å². The molecule has 0 fully saturated rings. The molecular formula is C56H84NiO4S2. The molecule has 354 valence electrons. The van der Waals surface area contributed by atoms with Crippen molar-refractivity contribution < 1.29 is 36.9 Å². The number of rotatable bonds is 24. The van der Waals surface area contributed by atoms with E-state index in [0.29, 0.717) is 0 Å². The maximum Gasteiger partial charge on any atom is 0.129 e. The first-order chi connectivity index (χ1) is 29.2. The summed E-state index contributed by atoms with van der Waals surface area (Å²) in [5, 5.41) is 42.1. The standard InChI is InChI=1S/2C28H42O2S.Ni/c2*1-7-9-11-17-27(3,4)21-13-15-23(29)25(19-21)31-26-20-22(14-16-24(26)30)28(5,6)18-12-10-8-2;/h2*13-16,19-20,29-30H,7-12,17-18H2,1-6H3;. The third kappa shape index (κ3) is 17.5. The molecule has 0 unspecified atom stereocenters. The summed E-state index contributed by atoms with van der Waals surface area (Å²) in [5.41, 5.74) is 5.18. The van der Waals surface area contributed by atoms with Crippen molar-refractivity contribution in [2.24, 2.45) is 0 Å². The summed E-state index contributed by atoms with van der Waals surface area (Å²) in [6.07, 6.45) is 19.2. The maximum atomic E-state index is 10.5. The average Bonchev–Trinajstić information content (AvgIpc) is 3.21. The normalized spacial score (nSPS) is 12.1. The topological polar surface area (TPSA) is 80.9 Å². The fourth-order valence-corrected chi connectivity index (χ4v) is 10.1. The van der Waals surface area contributed by atoms with E-state index in [1.54, 1.807) is 24.3 Å². The second kappa shape index (κ2) is 26.4. The second-order valence-electron chi connectivity index (χ2n) is 20.3. The Bertz CT molecular complexity index is 1690. The zero-order chi connectivity index (χ0) is 46.1. The van der Waals surface area contributed by atoms with Gasteiger partial charge in [0.2, 0.25) is 0 Å². The van der Waals surface area contributed by atoms with E-state index in [-0.39, 0.29) is 61.1 Å². The molecule has 0 saturated carbocycles. The van der Waals surface area contributed by atoms with Crippen molar-refractivity contribution in [3.8, 4) is 23.0 Å². The van der Waals surface area contributed by atoms with Crippen LogP contribution < -0.4 is 0 Å². The molecule has 4 aromatic carbocycles. The van der Waals surface area contributed by atoms with Crippen LogP contribution in [-0.2, 0) is 38.2 Å². The van der Waals surface area contributed by atoms with Gasteiger partial charge in [0.15, 0.2) is 0 Å². The number of hydrogen-bond donors (Lipinski definition) is 4. The zero-order valence-electron chi connectivity index (χ0n) is 41.2. The molecule has 0 amide bonds. The van der Waals surface area contributed by atoms with Crippen LogP contribution in [0.15, 0.2) is 92.4 Å². The molecule has 0 atom stereocenters. The summed E-state index contributed by atoms with van der Waals surface area (Å²) in [5.74, 6) is 1.07. The summed E-state index contributed by atoms with van der Waals surface area (Å²) < 4.78 is 0. The van der Waals surface area contributed by atoms with E-state index in [1.165, 1.54) is 123 Å². The van der Waals surface area contributed by atoms with Gasteiger partial charge in [0.1, 0.15) is 23.0 Å². The van der Waals surface area contributed by atoms with E-state index < -0.39 is 0 Å². The van der Waals surface area contributed by atoms with Crippen molar-refractivity contribution in [3.05, 3.63) is 95.1 Å². The molecule has 0 radical (unpaired) electrons. The van der Waals surface area contributed by atoms with Gasteiger partial charge in [-0.1, -0.05) is 208 Å². The molecule has 0 aliphatic rings. The van der Waals surface area contributed by atoms with Crippen LogP contribution in [0, 0.1) is 0 Å². The Hall–Kier alpha value is -2.73. The molecule has 4 aromatic rings.